The molecule has 8 nitrogen and oxygen atoms in total. The van der Waals surface area contributed by atoms with E-state index in [0.717, 1.165) is 18.7 Å². The fraction of sp³-hybridized carbons (Fsp3) is 0.280. The molecule has 2 aromatic carbocycles. The van der Waals surface area contributed by atoms with Gasteiger partial charge in [-0.05, 0) is 24.2 Å². The second kappa shape index (κ2) is 9.36. The van der Waals surface area contributed by atoms with E-state index in [1.165, 1.54) is 11.3 Å². The third-order valence-electron chi connectivity index (χ3n) is 6.27. The maximum atomic E-state index is 13.5. The second-order valence-corrected chi connectivity index (χ2v) is 9.38. The first-order valence-electron chi connectivity index (χ1n) is 11.2. The van der Waals surface area contributed by atoms with Crippen molar-refractivity contribution in [1.29, 1.82) is 0 Å². The summed E-state index contributed by atoms with van der Waals surface area (Å²) >= 11 is 1.21. The van der Waals surface area contributed by atoms with Gasteiger partial charge in [-0.2, -0.15) is 0 Å². The molecule has 3 aromatic rings. The number of carbonyl (C=O) groups is 3. The van der Waals surface area contributed by atoms with Gasteiger partial charge < -0.3 is 14.7 Å². The van der Waals surface area contributed by atoms with Crippen molar-refractivity contribution >= 4 is 34.2 Å². The van der Waals surface area contributed by atoms with Crippen LogP contribution < -0.4 is 5.32 Å². The van der Waals surface area contributed by atoms with E-state index in [-0.39, 0.29) is 17.7 Å². The van der Waals surface area contributed by atoms with Crippen molar-refractivity contribution in [1.82, 2.24) is 19.7 Å². The number of thiazole rings is 1. The third kappa shape index (κ3) is 4.32. The van der Waals surface area contributed by atoms with E-state index in [4.69, 9.17) is 0 Å². The lowest BCUT2D eigenvalue weighted by atomic mass is 10.0. The van der Waals surface area contributed by atoms with Crippen LogP contribution >= 0.6 is 11.3 Å². The van der Waals surface area contributed by atoms with Gasteiger partial charge in [0.15, 0.2) is 5.13 Å². The molecule has 5 rings (SSSR count). The van der Waals surface area contributed by atoms with E-state index in [0.29, 0.717) is 41.6 Å². The van der Waals surface area contributed by atoms with E-state index in [1.54, 1.807) is 21.2 Å². The van der Waals surface area contributed by atoms with Crippen LogP contribution in [0.2, 0.25) is 0 Å². The number of nitrogens with zero attached hydrogens (tertiary/aromatic N) is 4. The third-order valence-corrected chi connectivity index (χ3v) is 7.03. The molecule has 174 valence electrons. The van der Waals surface area contributed by atoms with Crippen molar-refractivity contribution in [2.75, 3.05) is 38.5 Å². The summed E-state index contributed by atoms with van der Waals surface area (Å²) in [6.07, 6.45) is 0. The summed E-state index contributed by atoms with van der Waals surface area (Å²) in [5.41, 5.74) is 2.55. The Balaban J connectivity index is 1.35. The number of hydrogen-bond acceptors (Lipinski definition) is 6. The Labute approximate surface area is 201 Å². The molecule has 0 aliphatic carbocycles. The molecule has 1 fully saturated rings. The van der Waals surface area contributed by atoms with E-state index in [9.17, 15) is 14.4 Å². The molecule has 1 N–H and O–H groups in total. The maximum Gasteiger partial charge on any atom is 0.273 e. The van der Waals surface area contributed by atoms with E-state index in [2.05, 4.69) is 15.2 Å². The molecular formula is C25H25N5O3S. The topological polar surface area (TPSA) is 85.9 Å². The van der Waals surface area contributed by atoms with Crippen molar-refractivity contribution in [3.8, 4) is 0 Å². The highest BCUT2D eigenvalue weighted by Gasteiger charge is 2.37. The van der Waals surface area contributed by atoms with Gasteiger partial charge in [-0.15, -0.1) is 11.3 Å². The van der Waals surface area contributed by atoms with Crippen LogP contribution in [0.4, 0.5) is 5.13 Å². The van der Waals surface area contributed by atoms with Gasteiger partial charge in [-0.25, -0.2) is 4.98 Å². The van der Waals surface area contributed by atoms with Crippen molar-refractivity contribution in [2.45, 2.75) is 12.6 Å². The molecule has 2 aliphatic heterocycles. The average molecular weight is 476 g/mol. The lowest BCUT2D eigenvalue weighted by Gasteiger charge is -2.31. The van der Waals surface area contributed by atoms with Gasteiger partial charge in [0.25, 0.3) is 17.7 Å². The van der Waals surface area contributed by atoms with Crippen molar-refractivity contribution < 1.29 is 14.4 Å². The average Bonchev–Trinajstić information content (AvgIpc) is 3.45. The molecule has 3 heterocycles. The molecule has 0 saturated carbocycles. The van der Waals surface area contributed by atoms with Gasteiger partial charge in [0.1, 0.15) is 11.7 Å². The van der Waals surface area contributed by atoms with E-state index < -0.39 is 6.04 Å². The van der Waals surface area contributed by atoms with Gasteiger partial charge in [0, 0.05) is 43.7 Å². The summed E-state index contributed by atoms with van der Waals surface area (Å²) in [5.74, 6) is -0.667. The minimum atomic E-state index is -0.818. The lowest BCUT2D eigenvalue weighted by molar-refractivity contribution is -0.120. The standard InChI is InChI=1S/C25H25N5O3S/c1-28-11-13-29(14-12-28)24(33)20-16-34-25(26-20)27-22(31)21(17-7-3-2-4-8-17)30-15-18-9-5-6-10-19(18)23(30)32/h2-10,16,21H,11-15H2,1H3,(H,26,27,31)/t21-/m1/s1. The van der Waals surface area contributed by atoms with Gasteiger partial charge in [0.2, 0.25) is 0 Å². The quantitative estimate of drug-likeness (QED) is 0.613. The molecule has 3 amide bonds. The van der Waals surface area contributed by atoms with Crippen LogP contribution in [0.3, 0.4) is 0 Å². The minimum absolute atomic E-state index is 0.130. The largest absolute Gasteiger partial charge is 0.335 e. The van der Waals surface area contributed by atoms with Gasteiger partial charge in [-0.1, -0.05) is 48.5 Å². The Morgan fingerprint density at radius 1 is 1.00 bits per heavy atom. The van der Waals surface area contributed by atoms with Crippen LogP contribution in [0.15, 0.2) is 60.0 Å². The van der Waals surface area contributed by atoms with Crippen molar-refractivity contribution in [3.63, 3.8) is 0 Å². The Kier molecular flexibility index (Phi) is 6.12. The van der Waals surface area contributed by atoms with Crippen LogP contribution in [-0.2, 0) is 11.3 Å². The fourth-order valence-corrected chi connectivity index (χ4v) is 5.06. The Bertz CT molecular complexity index is 1220. The fourth-order valence-electron chi connectivity index (χ4n) is 4.37. The van der Waals surface area contributed by atoms with E-state index in [1.807, 2.05) is 55.6 Å². The summed E-state index contributed by atoms with van der Waals surface area (Å²) in [6, 6.07) is 15.8. The predicted octanol–water partition coefficient (Wildman–Crippen LogP) is 2.87. The number of benzene rings is 2. The summed E-state index contributed by atoms with van der Waals surface area (Å²) in [5, 5.41) is 4.86. The van der Waals surface area contributed by atoms with Crippen LogP contribution in [0.25, 0.3) is 0 Å². The monoisotopic (exact) mass is 475 g/mol. The summed E-state index contributed by atoms with van der Waals surface area (Å²) < 4.78 is 0. The zero-order chi connectivity index (χ0) is 23.7. The number of likely N-dealkylation sites (N-methyl/N-ethyl adjacent to an activating group) is 1. The normalized spacial score (nSPS) is 16.9. The highest BCUT2D eigenvalue weighted by atomic mass is 32.1. The van der Waals surface area contributed by atoms with Gasteiger partial charge in [0.05, 0.1) is 0 Å². The molecule has 1 atom stereocenters. The number of fused-ring (bicyclic) bond motifs is 1. The van der Waals surface area contributed by atoms with Crippen LogP contribution in [0, 0.1) is 0 Å². The van der Waals surface area contributed by atoms with Crippen LogP contribution in [0.1, 0.15) is 38.0 Å². The summed E-state index contributed by atoms with van der Waals surface area (Å²) in [4.78, 5) is 49.4. The summed E-state index contributed by atoms with van der Waals surface area (Å²) in [6.45, 7) is 3.31. The molecule has 0 radical (unpaired) electrons. The van der Waals surface area contributed by atoms with Crippen molar-refractivity contribution in [3.05, 3.63) is 82.4 Å². The summed E-state index contributed by atoms with van der Waals surface area (Å²) in [7, 11) is 2.03. The Morgan fingerprint density at radius 2 is 1.71 bits per heavy atom. The SMILES string of the molecule is CN1CCN(C(=O)c2csc(NC(=O)[C@@H](c3ccccc3)N3Cc4ccccc4C3=O)n2)CC1. The molecule has 9 heteroatoms. The zero-order valence-electron chi connectivity index (χ0n) is 18.8. The molecule has 1 saturated heterocycles. The molecule has 0 spiro atoms. The van der Waals surface area contributed by atoms with E-state index >= 15 is 0 Å². The molecule has 2 aliphatic rings. The number of rotatable bonds is 5. The number of anilines is 1. The number of carbonyl (C=O) groups excluding carboxylic acids is 3. The first-order chi connectivity index (χ1) is 16.5. The predicted molar refractivity (Wildman–Crippen MR) is 130 cm³/mol. The zero-order valence-corrected chi connectivity index (χ0v) is 19.6. The Morgan fingerprint density at radius 3 is 2.44 bits per heavy atom. The van der Waals surface area contributed by atoms with Gasteiger partial charge in [-0.3, -0.25) is 19.7 Å². The maximum absolute atomic E-state index is 13.5. The first-order valence-corrected chi connectivity index (χ1v) is 12.1. The molecule has 0 unspecified atom stereocenters. The number of amides is 3. The molecular weight excluding hydrogens is 450 g/mol. The van der Waals surface area contributed by atoms with Crippen LogP contribution in [-0.4, -0.2) is 70.6 Å². The van der Waals surface area contributed by atoms with Crippen molar-refractivity contribution in [2.24, 2.45) is 0 Å². The molecule has 0 bridgehead atoms. The number of aromatic nitrogens is 1. The molecule has 34 heavy (non-hydrogen) atoms. The minimum Gasteiger partial charge on any atom is -0.335 e. The lowest BCUT2D eigenvalue weighted by Crippen LogP contribution is -2.47. The number of nitrogens with one attached hydrogen (secondary N) is 1. The second-order valence-electron chi connectivity index (χ2n) is 8.53. The highest BCUT2D eigenvalue weighted by Crippen LogP contribution is 2.32. The highest BCUT2D eigenvalue weighted by molar-refractivity contribution is 7.14. The first kappa shape index (κ1) is 22.2. The number of piperazine rings is 1. The van der Waals surface area contributed by atoms with Gasteiger partial charge >= 0.3 is 0 Å². The number of hydrogen-bond donors (Lipinski definition) is 1. The molecule has 1 aromatic heterocycles. The van der Waals surface area contributed by atoms with Crippen LogP contribution in [0.5, 0.6) is 0 Å². The Hall–Kier alpha value is -3.56. The smallest absolute Gasteiger partial charge is 0.273 e.